The average Bonchev–Trinajstić information content (AvgIpc) is 2.17. The van der Waals surface area contributed by atoms with Gasteiger partial charge in [-0.05, 0) is 46.9 Å². The van der Waals surface area contributed by atoms with Crippen LogP contribution in [-0.2, 0) is 9.59 Å². The van der Waals surface area contributed by atoms with E-state index in [1.807, 2.05) is 24.3 Å². The van der Waals surface area contributed by atoms with Gasteiger partial charge in [0, 0.05) is 17.4 Å². The molecule has 5 nitrogen and oxygen atoms in total. The Bertz CT molecular complexity index is 314. The Morgan fingerprint density at radius 1 is 1.06 bits per heavy atom. The maximum Gasteiger partial charge on any atom is 0.300 e. The topological polar surface area (TPSA) is 83.8 Å². The summed E-state index contributed by atoms with van der Waals surface area (Å²) in [4.78, 5) is 18.0. The van der Waals surface area contributed by atoms with Crippen LogP contribution in [0, 0.1) is 3.57 Å². The summed E-state index contributed by atoms with van der Waals surface area (Å²) in [5, 5.41) is 14.8. The van der Waals surface area contributed by atoms with E-state index in [2.05, 4.69) is 22.6 Å². The normalized spacial score (nSPS) is 7.76. The summed E-state index contributed by atoms with van der Waals surface area (Å²) in [6, 6.07) is 7.92. The van der Waals surface area contributed by atoms with E-state index in [0.717, 1.165) is 19.6 Å². The van der Waals surface area contributed by atoms with E-state index in [1.165, 1.54) is 3.57 Å². The van der Waals surface area contributed by atoms with Gasteiger partial charge in [0.15, 0.2) is 0 Å². The molecule has 1 rings (SSSR count). The van der Waals surface area contributed by atoms with Crippen molar-refractivity contribution in [3.63, 3.8) is 0 Å². The number of hydrogen-bond acceptors (Lipinski definition) is 3. The number of carboxylic acid groups (broad SMARTS) is 2. The minimum Gasteiger partial charge on any atom is -0.497 e. The predicted octanol–water partition coefficient (Wildman–Crippen LogP) is 2.48. The van der Waals surface area contributed by atoms with Crippen molar-refractivity contribution < 1.29 is 24.5 Å². The fourth-order valence-electron chi connectivity index (χ4n) is 0.571. The number of methoxy groups -OCH3 is 1. The minimum absolute atomic E-state index is 0.833. The number of rotatable bonds is 1. The van der Waals surface area contributed by atoms with Gasteiger partial charge >= 0.3 is 0 Å². The predicted molar refractivity (Wildman–Crippen MR) is 72.3 cm³/mol. The van der Waals surface area contributed by atoms with Crippen LogP contribution in [0.3, 0.4) is 0 Å². The molecule has 0 radical (unpaired) electrons. The van der Waals surface area contributed by atoms with Gasteiger partial charge in [0.05, 0.1) is 7.11 Å². The molecule has 96 valence electrons. The van der Waals surface area contributed by atoms with Crippen LogP contribution < -0.4 is 4.74 Å². The van der Waals surface area contributed by atoms with Crippen molar-refractivity contribution in [2.75, 3.05) is 7.11 Å². The lowest BCUT2D eigenvalue weighted by Crippen LogP contribution is -1.80. The SMILES string of the molecule is CC(=O)O.CC(=O)O.COc1ccc(I)cc1. The molecule has 17 heavy (non-hydrogen) atoms. The zero-order chi connectivity index (χ0) is 13.8. The van der Waals surface area contributed by atoms with E-state index in [9.17, 15) is 0 Å². The second kappa shape index (κ2) is 11.2. The van der Waals surface area contributed by atoms with Crippen molar-refractivity contribution in [3.05, 3.63) is 27.8 Å². The summed E-state index contributed by atoms with van der Waals surface area (Å²) in [6.07, 6.45) is 0. The zero-order valence-corrected chi connectivity index (χ0v) is 12.0. The third-order valence-electron chi connectivity index (χ3n) is 1.05. The lowest BCUT2D eigenvalue weighted by molar-refractivity contribution is -0.135. The molecule has 0 aromatic heterocycles. The molecule has 2 N–H and O–H groups in total. The molecule has 0 fully saturated rings. The van der Waals surface area contributed by atoms with E-state index in [1.54, 1.807) is 7.11 Å². The molecule has 0 bridgehead atoms. The van der Waals surface area contributed by atoms with Crippen LogP contribution in [-0.4, -0.2) is 29.3 Å². The van der Waals surface area contributed by atoms with Gasteiger partial charge in [0.2, 0.25) is 0 Å². The fourth-order valence-corrected chi connectivity index (χ4v) is 0.930. The fraction of sp³-hybridized carbons (Fsp3) is 0.273. The highest BCUT2D eigenvalue weighted by Crippen LogP contribution is 2.11. The summed E-state index contributed by atoms with van der Waals surface area (Å²) in [5.74, 6) is -0.754. The summed E-state index contributed by atoms with van der Waals surface area (Å²) in [5.41, 5.74) is 0. The highest BCUT2D eigenvalue weighted by atomic mass is 127. The van der Waals surface area contributed by atoms with Gasteiger partial charge < -0.3 is 14.9 Å². The first-order valence-electron chi connectivity index (χ1n) is 4.48. The van der Waals surface area contributed by atoms with Gasteiger partial charge in [0.25, 0.3) is 11.9 Å². The van der Waals surface area contributed by atoms with Gasteiger partial charge in [-0.15, -0.1) is 0 Å². The second-order valence-corrected chi connectivity index (χ2v) is 3.94. The van der Waals surface area contributed by atoms with Crippen molar-refractivity contribution in [1.29, 1.82) is 0 Å². The molecule has 0 heterocycles. The summed E-state index contributed by atoms with van der Waals surface area (Å²) < 4.78 is 6.20. The molecular formula is C11H15IO5. The maximum atomic E-state index is 9.00. The molecule has 0 saturated heterocycles. The molecule has 0 aliphatic carbocycles. The van der Waals surface area contributed by atoms with Crippen molar-refractivity contribution in [1.82, 2.24) is 0 Å². The van der Waals surface area contributed by atoms with Crippen molar-refractivity contribution >= 4 is 34.5 Å². The monoisotopic (exact) mass is 354 g/mol. The molecule has 1 aromatic rings. The standard InChI is InChI=1S/C7H7IO.2C2H4O2/c1-9-7-4-2-6(8)3-5-7;2*1-2(3)4/h2-5H,1H3;2*1H3,(H,3,4). The lowest BCUT2D eigenvalue weighted by atomic mass is 10.3. The first-order chi connectivity index (χ1) is 7.79. The van der Waals surface area contributed by atoms with Crippen LogP contribution in [0.1, 0.15) is 13.8 Å². The summed E-state index contributed by atoms with van der Waals surface area (Å²) >= 11 is 2.26. The molecule has 0 unspecified atom stereocenters. The minimum atomic E-state index is -0.833. The highest BCUT2D eigenvalue weighted by Gasteiger charge is 1.86. The van der Waals surface area contributed by atoms with E-state index in [-0.39, 0.29) is 0 Å². The number of halogens is 1. The van der Waals surface area contributed by atoms with Gasteiger partial charge in [0.1, 0.15) is 5.75 Å². The van der Waals surface area contributed by atoms with Crippen LogP contribution >= 0.6 is 22.6 Å². The van der Waals surface area contributed by atoms with Gasteiger partial charge in [-0.1, -0.05) is 0 Å². The molecule has 0 atom stereocenters. The molecule has 0 amide bonds. The molecular weight excluding hydrogens is 339 g/mol. The van der Waals surface area contributed by atoms with Crippen LogP contribution in [0.25, 0.3) is 0 Å². The van der Waals surface area contributed by atoms with Gasteiger partial charge in [-0.25, -0.2) is 0 Å². The first kappa shape index (κ1) is 18.1. The largest absolute Gasteiger partial charge is 0.497 e. The van der Waals surface area contributed by atoms with Crippen LogP contribution in [0.15, 0.2) is 24.3 Å². The number of benzene rings is 1. The Hall–Kier alpha value is -1.31. The average molecular weight is 354 g/mol. The number of carboxylic acids is 2. The maximum absolute atomic E-state index is 9.00. The highest BCUT2D eigenvalue weighted by molar-refractivity contribution is 14.1. The number of ether oxygens (including phenoxy) is 1. The van der Waals surface area contributed by atoms with E-state index in [0.29, 0.717) is 0 Å². The summed E-state index contributed by atoms with van der Waals surface area (Å²) in [7, 11) is 1.67. The quantitative estimate of drug-likeness (QED) is 0.757. The summed E-state index contributed by atoms with van der Waals surface area (Å²) in [6.45, 7) is 2.17. The van der Waals surface area contributed by atoms with Crippen molar-refractivity contribution in [2.24, 2.45) is 0 Å². The number of aliphatic carboxylic acids is 2. The van der Waals surface area contributed by atoms with Gasteiger partial charge in [-0.2, -0.15) is 0 Å². The van der Waals surface area contributed by atoms with Crippen LogP contribution in [0.5, 0.6) is 5.75 Å². The first-order valence-corrected chi connectivity index (χ1v) is 5.56. The molecule has 0 spiro atoms. The Balaban J connectivity index is 0. The van der Waals surface area contributed by atoms with Crippen LogP contribution in [0.2, 0.25) is 0 Å². The molecule has 0 aliphatic heterocycles. The second-order valence-electron chi connectivity index (χ2n) is 2.70. The smallest absolute Gasteiger partial charge is 0.300 e. The number of hydrogen-bond donors (Lipinski definition) is 2. The van der Waals surface area contributed by atoms with Crippen molar-refractivity contribution in [3.8, 4) is 5.75 Å². The van der Waals surface area contributed by atoms with Crippen LogP contribution in [0.4, 0.5) is 0 Å². The Morgan fingerprint density at radius 3 is 1.59 bits per heavy atom. The molecule has 0 saturated carbocycles. The lowest BCUT2D eigenvalue weighted by Gasteiger charge is -1.96. The Morgan fingerprint density at radius 2 is 1.35 bits per heavy atom. The zero-order valence-electron chi connectivity index (χ0n) is 9.81. The van der Waals surface area contributed by atoms with Crippen molar-refractivity contribution in [2.45, 2.75) is 13.8 Å². The van der Waals surface area contributed by atoms with E-state index in [4.69, 9.17) is 24.5 Å². The van der Waals surface area contributed by atoms with E-state index >= 15 is 0 Å². The molecule has 0 aliphatic rings. The third-order valence-corrected chi connectivity index (χ3v) is 1.77. The Labute approximate surface area is 114 Å². The third kappa shape index (κ3) is 20.7. The molecule has 1 aromatic carbocycles. The Kier molecular flexibility index (Phi) is 11.9. The molecule has 6 heteroatoms. The van der Waals surface area contributed by atoms with Gasteiger partial charge in [-0.3, -0.25) is 9.59 Å². The van der Waals surface area contributed by atoms with E-state index < -0.39 is 11.9 Å². The number of carbonyl (C=O) groups is 2.